The van der Waals surface area contributed by atoms with Crippen LogP contribution in [0.2, 0.25) is 0 Å². The Balaban J connectivity index is 1.45. The third kappa shape index (κ3) is 3.14. The Kier molecular flexibility index (Phi) is 4.20. The molecule has 7 nitrogen and oxygen atoms in total. The molecule has 0 unspecified atom stereocenters. The molecule has 0 N–H and O–H groups in total. The number of hydrogen-bond acceptors (Lipinski definition) is 7. The predicted molar refractivity (Wildman–Crippen MR) is 86.3 cm³/mol. The van der Waals surface area contributed by atoms with Gasteiger partial charge in [-0.15, -0.1) is 0 Å². The van der Waals surface area contributed by atoms with E-state index in [0.29, 0.717) is 18.5 Å². The molecule has 0 radical (unpaired) electrons. The van der Waals surface area contributed by atoms with Gasteiger partial charge in [0, 0.05) is 44.5 Å². The molecule has 0 bridgehead atoms. The van der Waals surface area contributed by atoms with Gasteiger partial charge in [0.1, 0.15) is 0 Å². The monoisotopic (exact) mass is 330 g/mol. The minimum Gasteiger partial charge on any atom is -0.374 e. The standard InChI is InChI=1S/C16H19FN6O/c17-13-8-20-16(21-9-13)22-5-2-12-10-23(6-7-24-14(12)11-22)15-18-3-1-4-19-15/h1,3-4,8-9,12,14H,2,5-7,10-11H2/t12-,14-/m0/s1. The lowest BCUT2D eigenvalue weighted by Crippen LogP contribution is -2.47. The van der Waals surface area contributed by atoms with E-state index in [1.54, 1.807) is 12.4 Å². The molecule has 0 amide bonds. The highest BCUT2D eigenvalue weighted by atomic mass is 19.1. The molecule has 0 saturated carbocycles. The van der Waals surface area contributed by atoms with Crippen LogP contribution in [-0.2, 0) is 4.74 Å². The van der Waals surface area contributed by atoms with Crippen molar-refractivity contribution in [1.82, 2.24) is 19.9 Å². The summed E-state index contributed by atoms with van der Waals surface area (Å²) in [6.07, 6.45) is 7.02. The maximum absolute atomic E-state index is 13.0. The summed E-state index contributed by atoms with van der Waals surface area (Å²) in [5.41, 5.74) is 0. The molecule has 2 aromatic heterocycles. The fourth-order valence-corrected chi connectivity index (χ4v) is 3.34. The second kappa shape index (κ2) is 6.64. The average molecular weight is 330 g/mol. The van der Waals surface area contributed by atoms with Crippen molar-refractivity contribution in [2.24, 2.45) is 5.92 Å². The Morgan fingerprint density at radius 1 is 0.958 bits per heavy atom. The number of rotatable bonds is 2. The maximum Gasteiger partial charge on any atom is 0.225 e. The van der Waals surface area contributed by atoms with Gasteiger partial charge in [0.05, 0.1) is 25.1 Å². The van der Waals surface area contributed by atoms with Crippen molar-refractivity contribution in [1.29, 1.82) is 0 Å². The summed E-state index contributed by atoms with van der Waals surface area (Å²) < 4.78 is 19.1. The first-order valence-electron chi connectivity index (χ1n) is 8.15. The zero-order valence-electron chi connectivity index (χ0n) is 13.3. The summed E-state index contributed by atoms with van der Waals surface area (Å²) in [5, 5.41) is 0. The van der Waals surface area contributed by atoms with Crippen LogP contribution < -0.4 is 9.80 Å². The molecule has 0 aromatic carbocycles. The number of halogens is 1. The van der Waals surface area contributed by atoms with Crippen molar-refractivity contribution in [3.63, 3.8) is 0 Å². The summed E-state index contributed by atoms with van der Waals surface area (Å²) in [4.78, 5) is 21.1. The number of fused-ring (bicyclic) bond motifs is 1. The lowest BCUT2D eigenvalue weighted by Gasteiger charge is -2.37. The highest BCUT2D eigenvalue weighted by Gasteiger charge is 2.34. The molecule has 2 saturated heterocycles. The van der Waals surface area contributed by atoms with Crippen molar-refractivity contribution in [3.05, 3.63) is 36.7 Å². The molecule has 2 aliphatic rings. The van der Waals surface area contributed by atoms with Crippen molar-refractivity contribution >= 4 is 11.9 Å². The number of nitrogens with zero attached hydrogens (tertiary/aromatic N) is 6. The Labute approximate surface area is 139 Å². The van der Waals surface area contributed by atoms with E-state index in [4.69, 9.17) is 4.74 Å². The number of hydrogen-bond donors (Lipinski definition) is 0. The van der Waals surface area contributed by atoms with Crippen molar-refractivity contribution < 1.29 is 9.13 Å². The summed E-state index contributed by atoms with van der Waals surface area (Å²) in [6.45, 7) is 3.85. The summed E-state index contributed by atoms with van der Waals surface area (Å²) in [5.74, 6) is 1.31. The van der Waals surface area contributed by atoms with Gasteiger partial charge >= 0.3 is 0 Å². The molecular weight excluding hydrogens is 311 g/mol. The van der Waals surface area contributed by atoms with E-state index in [1.807, 2.05) is 6.07 Å². The van der Waals surface area contributed by atoms with Gasteiger partial charge in [0.2, 0.25) is 11.9 Å². The predicted octanol–water partition coefficient (Wildman–Crippen LogP) is 1.14. The van der Waals surface area contributed by atoms with Gasteiger partial charge in [-0.2, -0.15) is 0 Å². The van der Waals surface area contributed by atoms with E-state index in [1.165, 1.54) is 12.4 Å². The second-order valence-electron chi connectivity index (χ2n) is 6.10. The zero-order chi connectivity index (χ0) is 16.4. The number of ether oxygens (including phenoxy) is 1. The van der Waals surface area contributed by atoms with Crippen LogP contribution in [0.3, 0.4) is 0 Å². The molecule has 4 heterocycles. The van der Waals surface area contributed by atoms with Crippen LogP contribution in [0.5, 0.6) is 0 Å². The first-order valence-corrected chi connectivity index (χ1v) is 8.15. The molecule has 4 rings (SSSR count). The minimum absolute atomic E-state index is 0.112. The van der Waals surface area contributed by atoms with Gasteiger partial charge in [-0.05, 0) is 12.5 Å². The third-order valence-corrected chi connectivity index (χ3v) is 4.57. The molecular formula is C16H19FN6O. The summed E-state index contributed by atoms with van der Waals surface area (Å²) in [6, 6.07) is 1.82. The molecule has 0 spiro atoms. The molecule has 2 aliphatic heterocycles. The van der Waals surface area contributed by atoms with Crippen LogP contribution in [-0.4, -0.2) is 58.8 Å². The molecule has 126 valence electrons. The second-order valence-corrected chi connectivity index (χ2v) is 6.10. The molecule has 2 fully saturated rings. The van der Waals surface area contributed by atoms with Crippen molar-refractivity contribution in [2.75, 3.05) is 42.6 Å². The minimum atomic E-state index is -0.419. The first kappa shape index (κ1) is 15.2. The van der Waals surface area contributed by atoms with Crippen LogP contribution >= 0.6 is 0 Å². The van der Waals surface area contributed by atoms with E-state index >= 15 is 0 Å². The Hall–Kier alpha value is -2.35. The van der Waals surface area contributed by atoms with Crippen LogP contribution in [0.15, 0.2) is 30.9 Å². The van der Waals surface area contributed by atoms with Crippen LogP contribution in [0.1, 0.15) is 6.42 Å². The van der Waals surface area contributed by atoms with E-state index in [2.05, 4.69) is 29.7 Å². The normalized spacial score (nSPS) is 24.4. The highest BCUT2D eigenvalue weighted by molar-refractivity contribution is 5.32. The quantitative estimate of drug-likeness (QED) is 0.818. The van der Waals surface area contributed by atoms with E-state index < -0.39 is 5.82 Å². The van der Waals surface area contributed by atoms with E-state index in [-0.39, 0.29) is 6.10 Å². The number of aromatic nitrogens is 4. The molecule has 8 heteroatoms. The van der Waals surface area contributed by atoms with Crippen molar-refractivity contribution in [2.45, 2.75) is 12.5 Å². The molecule has 2 atom stereocenters. The number of anilines is 2. The maximum atomic E-state index is 13.0. The van der Waals surface area contributed by atoms with E-state index in [0.717, 1.165) is 38.5 Å². The van der Waals surface area contributed by atoms with Crippen LogP contribution in [0.25, 0.3) is 0 Å². The highest BCUT2D eigenvalue weighted by Crippen LogP contribution is 2.27. The van der Waals surface area contributed by atoms with Gasteiger partial charge < -0.3 is 14.5 Å². The zero-order valence-corrected chi connectivity index (χ0v) is 13.3. The summed E-state index contributed by atoms with van der Waals surface area (Å²) in [7, 11) is 0. The van der Waals surface area contributed by atoms with Crippen LogP contribution in [0, 0.1) is 11.7 Å². The average Bonchev–Trinajstić information content (AvgIpc) is 2.85. The molecule has 0 aliphatic carbocycles. The van der Waals surface area contributed by atoms with Gasteiger partial charge in [0.15, 0.2) is 5.82 Å². The Morgan fingerprint density at radius 3 is 2.46 bits per heavy atom. The molecule has 24 heavy (non-hydrogen) atoms. The van der Waals surface area contributed by atoms with Crippen molar-refractivity contribution in [3.8, 4) is 0 Å². The lowest BCUT2D eigenvalue weighted by atomic mass is 9.93. The van der Waals surface area contributed by atoms with E-state index in [9.17, 15) is 4.39 Å². The fourth-order valence-electron chi connectivity index (χ4n) is 3.34. The Bertz CT molecular complexity index is 670. The van der Waals surface area contributed by atoms with Gasteiger partial charge in [0.25, 0.3) is 0 Å². The Morgan fingerprint density at radius 2 is 1.67 bits per heavy atom. The molecule has 2 aromatic rings. The van der Waals surface area contributed by atoms with Gasteiger partial charge in [-0.1, -0.05) is 0 Å². The van der Waals surface area contributed by atoms with Gasteiger partial charge in [-0.3, -0.25) is 0 Å². The summed E-state index contributed by atoms with van der Waals surface area (Å²) >= 11 is 0. The SMILES string of the molecule is Fc1cnc(N2CC[C@H]3CN(c4ncccn4)CCO[C@H]3C2)nc1. The smallest absolute Gasteiger partial charge is 0.225 e. The largest absolute Gasteiger partial charge is 0.374 e. The van der Waals surface area contributed by atoms with Gasteiger partial charge in [-0.25, -0.2) is 24.3 Å². The third-order valence-electron chi connectivity index (χ3n) is 4.57. The topological polar surface area (TPSA) is 67.3 Å². The number of piperidine rings is 1. The first-order chi connectivity index (χ1) is 11.8. The fraction of sp³-hybridized carbons (Fsp3) is 0.500. The lowest BCUT2D eigenvalue weighted by molar-refractivity contribution is 0.0249. The van der Waals surface area contributed by atoms with Crippen LogP contribution in [0.4, 0.5) is 16.3 Å².